The Hall–Kier alpha value is -2.13. The smallest absolute Gasteiger partial charge is 0.0683 e. The van der Waals surface area contributed by atoms with E-state index in [0.29, 0.717) is 0 Å². The van der Waals surface area contributed by atoms with Crippen molar-refractivity contribution in [3.05, 3.63) is 65.9 Å². The van der Waals surface area contributed by atoms with Crippen molar-refractivity contribution >= 4 is 11.4 Å². The lowest BCUT2D eigenvalue weighted by Crippen LogP contribution is -2.45. The first-order valence-corrected chi connectivity index (χ1v) is 7.78. The van der Waals surface area contributed by atoms with E-state index in [1.165, 1.54) is 11.1 Å². The molecule has 1 unspecified atom stereocenters. The third-order valence-electron chi connectivity index (χ3n) is 4.77. The Morgan fingerprint density at radius 2 is 2.14 bits per heavy atom. The van der Waals surface area contributed by atoms with Crippen molar-refractivity contribution in [3.8, 4) is 0 Å². The van der Waals surface area contributed by atoms with E-state index in [0.717, 1.165) is 42.9 Å². The van der Waals surface area contributed by atoms with E-state index in [1.54, 1.807) is 6.20 Å². The van der Waals surface area contributed by atoms with E-state index >= 15 is 0 Å². The number of nitrogens with zero attached hydrogens (tertiary/aromatic N) is 1. The Labute approximate surface area is 132 Å². The van der Waals surface area contributed by atoms with Gasteiger partial charge in [-0.1, -0.05) is 35.9 Å². The van der Waals surface area contributed by atoms with Crippen LogP contribution in [0.4, 0.5) is 5.69 Å². The molecule has 1 aromatic rings. The zero-order valence-electron chi connectivity index (χ0n) is 13.1. The normalized spacial score (nSPS) is 28.3. The Bertz CT molecular complexity index is 667. The van der Waals surface area contributed by atoms with Crippen molar-refractivity contribution < 1.29 is 0 Å². The van der Waals surface area contributed by atoms with Gasteiger partial charge in [0.25, 0.3) is 0 Å². The van der Waals surface area contributed by atoms with Crippen molar-refractivity contribution in [1.82, 2.24) is 5.32 Å². The van der Waals surface area contributed by atoms with Crippen LogP contribution in [-0.2, 0) is 0 Å². The number of hydrogen-bond donors (Lipinski definition) is 2. The number of para-hydroxylation sites is 1. The lowest BCUT2D eigenvalue weighted by Gasteiger charge is -2.44. The van der Waals surface area contributed by atoms with Gasteiger partial charge >= 0.3 is 0 Å². The summed E-state index contributed by atoms with van der Waals surface area (Å²) in [4.78, 5) is 4.79. The number of nitrogens with one attached hydrogen (secondary N) is 1. The van der Waals surface area contributed by atoms with Gasteiger partial charge < -0.3 is 11.1 Å². The highest BCUT2D eigenvalue weighted by atomic mass is 14.9. The maximum absolute atomic E-state index is 5.91. The third kappa shape index (κ3) is 2.53. The summed E-state index contributed by atoms with van der Waals surface area (Å²) in [5.74, 6) is 0. The Morgan fingerprint density at radius 1 is 1.36 bits per heavy atom. The lowest BCUT2D eigenvalue weighted by atomic mass is 9.64. The lowest BCUT2D eigenvalue weighted by molar-refractivity contribution is 0.345. The van der Waals surface area contributed by atoms with Crippen LogP contribution in [-0.4, -0.2) is 18.8 Å². The number of fused-ring (bicyclic) bond motifs is 1. The van der Waals surface area contributed by atoms with Gasteiger partial charge in [-0.15, -0.1) is 0 Å². The molecule has 0 bridgehead atoms. The second kappa shape index (κ2) is 5.93. The number of nitrogens with two attached hydrogens (primary N) is 1. The minimum Gasteiger partial charge on any atom is -0.404 e. The molecule has 22 heavy (non-hydrogen) atoms. The van der Waals surface area contributed by atoms with Gasteiger partial charge in [-0.3, -0.25) is 0 Å². The topological polar surface area (TPSA) is 50.4 Å². The quantitative estimate of drug-likeness (QED) is 0.820. The van der Waals surface area contributed by atoms with Crippen LogP contribution < -0.4 is 11.1 Å². The minimum absolute atomic E-state index is 0.000832. The summed E-state index contributed by atoms with van der Waals surface area (Å²) in [5.41, 5.74) is 11.6. The molecule has 3 rings (SSSR count). The molecule has 0 saturated carbocycles. The van der Waals surface area contributed by atoms with Gasteiger partial charge in [-0.25, -0.2) is 4.99 Å². The molecular formula is C19H23N3. The molecule has 0 amide bonds. The zero-order chi connectivity index (χ0) is 15.6. The molecule has 0 radical (unpaired) electrons. The largest absolute Gasteiger partial charge is 0.404 e. The second-order valence-corrected chi connectivity index (χ2v) is 6.16. The molecule has 1 fully saturated rings. The summed E-state index contributed by atoms with van der Waals surface area (Å²) in [5, 5.41) is 3.51. The molecule has 1 aliphatic carbocycles. The van der Waals surface area contributed by atoms with Crippen molar-refractivity contribution in [2.24, 2.45) is 16.1 Å². The number of aliphatic imine (C=N–C) groups is 1. The van der Waals surface area contributed by atoms with Crippen LogP contribution in [0.25, 0.3) is 0 Å². The summed E-state index contributed by atoms with van der Waals surface area (Å²) in [6.07, 6.45) is 5.85. The third-order valence-corrected chi connectivity index (χ3v) is 4.77. The number of hydrogen-bond acceptors (Lipinski definition) is 3. The van der Waals surface area contributed by atoms with Crippen molar-refractivity contribution in [3.63, 3.8) is 0 Å². The Kier molecular flexibility index (Phi) is 3.99. The molecule has 3 heteroatoms. The second-order valence-electron chi connectivity index (χ2n) is 6.16. The average molecular weight is 293 g/mol. The molecule has 1 saturated heterocycles. The van der Waals surface area contributed by atoms with Crippen LogP contribution in [0.3, 0.4) is 0 Å². The van der Waals surface area contributed by atoms with E-state index in [1.807, 2.05) is 30.3 Å². The van der Waals surface area contributed by atoms with Gasteiger partial charge in [-0.2, -0.15) is 0 Å². The van der Waals surface area contributed by atoms with E-state index in [-0.39, 0.29) is 5.41 Å². The minimum atomic E-state index is -0.000832. The molecule has 0 spiro atoms. The van der Waals surface area contributed by atoms with Gasteiger partial charge in [-0.05, 0) is 56.3 Å². The van der Waals surface area contributed by atoms with Gasteiger partial charge in [0.1, 0.15) is 0 Å². The van der Waals surface area contributed by atoms with Crippen molar-refractivity contribution in [2.45, 2.75) is 19.8 Å². The van der Waals surface area contributed by atoms with E-state index < -0.39 is 0 Å². The summed E-state index contributed by atoms with van der Waals surface area (Å²) < 4.78 is 0. The highest BCUT2D eigenvalue weighted by molar-refractivity contribution is 6.11. The van der Waals surface area contributed by atoms with Gasteiger partial charge in [0.2, 0.25) is 0 Å². The molecule has 3 N–H and O–H groups in total. The van der Waals surface area contributed by atoms with Crippen LogP contribution in [0, 0.1) is 5.41 Å². The molecule has 1 aliphatic heterocycles. The number of piperidine rings is 1. The predicted octanol–water partition coefficient (Wildman–Crippen LogP) is 3.49. The van der Waals surface area contributed by atoms with Crippen LogP contribution in [0.1, 0.15) is 19.8 Å². The fraction of sp³-hybridized carbons (Fsp3) is 0.316. The molecule has 0 aromatic heterocycles. The van der Waals surface area contributed by atoms with Gasteiger partial charge in [0.15, 0.2) is 0 Å². The maximum atomic E-state index is 5.91. The monoisotopic (exact) mass is 293 g/mol. The molecule has 2 aliphatic rings. The summed E-state index contributed by atoms with van der Waals surface area (Å²) in [7, 11) is 0. The first-order valence-electron chi connectivity index (χ1n) is 7.78. The van der Waals surface area contributed by atoms with Crippen LogP contribution in [0.5, 0.6) is 0 Å². The summed E-state index contributed by atoms with van der Waals surface area (Å²) >= 11 is 0. The van der Waals surface area contributed by atoms with E-state index in [4.69, 9.17) is 10.7 Å². The SMILES string of the molecule is C=C(C)C12CNCCC1=CC(=Nc1ccccc1)C(=CN)C2. The van der Waals surface area contributed by atoms with E-state index in [2.05, 4.69) is 24.9 Å². The molecular weight excluding hydrogens is 270 g/mol. The van der Waals surface area contributed by atoms with Gasteiger partial charge in [0.05, 0.1) is 11.4 Å². The molecule has 114 valence electrons. The van der Waals surface area contributed by atoms with Gasteiger partial charge in [0, 0.05) is 12.0 Å². The maximum Gasteiger partial charge on any atom is 0.0683 e. The number of rotatable bonds is 2. The number of allylic oxidation sites excluding steroid dienone is 2. The standard InChI is InChI=1S/C19H23N3/c1-14(2)19-11-15(12-20)18(10-16(19)8-9-21-13-19)22-17-6-4-3-5-7-17/h3-7,10,12,21H,1,8-9,11,13,20H2,2H3. The average Bonchev–Trinajstić information content (AvgIpc) is 2.55. The molecule has 3 nitrogen and oxygen atoms in total. The van der Waals surface area contributed by atoms with E-state index in [9.17, 15) is 0 Å². The zero-order valence-corrected chi connectivity index (χ0v) is 13.1. The van der Waals surface area contributed by atoms with Crippen molar-refractivity contribution in [1.29, 1.82) is 0 Å². The highest BCUT2D eigenvalue weighted by Gasteiger charge is 2.41. The van der Waals surface area contributed by atoms with Crippen LogP contribution in [0.15, 0.2) is 70.9 Å². The first-order chi connectivity index (χ1) is 10.7. The highest BCUT2D eigenvalue weighted by Crippen LogP contribution is 2.46. The molecule has 1 heterocycles. The fourth-order valence-electron chi connectivity index (χ4n) is 3.40. The Morgan fingerprint density at radius 3 is 2.82 bits per heavy atom. The Balaban J connectivity index is 2.08. The van der Waals surface area contributed by atoms with Crippen molar-refractivity contribution in [2.75, 3.05) is 13.1 Å². The number of benzene rings is 1. The summed E-state index contributed by atoms with van der Waals surface area (Å²) in [6, 6.07) is 10.0. The summed E-state index contributed by atoms with van der Waals surface area (Å²) in [6.45, 7) is 8.31. The predicted molar refractivity (Wildman–Crippen MR) is 93.2 cm³/mol. The molecule has 1 atom stereocenters. The van der Waals surface area contributed by atoms with Crippen LogP contribution >= 0.6 is 0 Å². The van der Waals surface area contributed by atoms with Crippen LogP contribution in [0.2, 0.25) is 0 Å². The molecule has 1 aromatic carbocycles. The fourth-order valence-corrected chi connectivity index (χ4v) is 3.40. The first kappa shape index (κ1) is 14.8.